The number of nitrogens with one attached hydrogen (secondary N) is 1. The third-order valence-corrected chi connectivity index (χ3v) is 6.16. The highest BCUT2D eigenvalue weighted by Gasteiger charge is 2.24. The first kappa shape index (κ1) is 21.8. The fourth-order valence-corrected chi connectivity index (χ4v) is 4.05. The van der Waals surface area contributed by atoms with Crippen LogP contribution in [0, 0.1) is 11.3 Å². The number of rotatable bonds is 5. The summed E-state index contributed by atoms with van der Waals surface area (Å²) in [5.41, 5.74) is 2.09. The molecule has 1 heterocycles. The smallest absolute Gasteiger partial charge is 0.241 e. The summed E-state index contributed by atoms with van der Waals surface area (Å²) in [6, 6.07) is 15.2. The van der Waals surface area contributed by atoms with Gasteiger partial charge >= 0.3 is 0 Å². The van der Waals surface area contributed by atoms with Crippen molar-refractivity contribution in [1.82, 2.24) is 4.90 Å². The van der Waals surface area contributed by atoms with E-state index in [2.05, 4.69) is 21.2 Å². The molecule has 1 unspecified atom stereocenters. The molecule has 0 bridgehead atoms. The number of carbonyl (C=O) groups excluding carboxylic acids is 1. The minimum absolute atomic E-state index is 0.0409. The Morgan fingerprint density at radius 1 is 1.13 bits per heavy atom. The predicted molar refractivity (Wildman–Crippen MR) is 115 cm³/mol. The second kappa shape index (κ2) is 9.26. The van der Waals surface area contributed by atoms with Crippen molar-refractivity contribution < 1.29 is 13.2 Å². The Morgan fingerprint density at radius 3 is 2.53 bits per heavy atom. The normalized spacial score (nSPS) is 16.4. The Balaban J connectivity index is 1.62. The summed E-state index contributed by atoms with van der Waals surface area (Å²) >= 11 is 0. The van der Waals surface area contributed by atoms with Crippen molar-refractivity contribution in [1.29, 1.82) is 5.26 Å². The molecule has 30 heavy (non-hydrogen) atoms. The van der Waals surface area contributed by atoms with Crippen LogP contribution in [0.1, 0.15) is 18.9 Å². The van der Waals surface area contributed by atoms with Crippen molar-refractivity contribution in [2.45, 2.75) is 24.3 Å². The molecule has 1 saturated heterocycles. The van der Waals surface area contributed by atoms with Gasteiger partial charge in [0, 0.05) is 37.6 Å². The van der Waals surface area contributed by atoms with Gasteiger partial charge in [0.1, 0.15) is 0 Å². The molecule has 0 aromatic heterocycles. The first-order valence-corrected chi connectivity index (χ1v) is 11.3. The standard InChI is InChI=1S/C21H25N5O3S/c1-16(21(27)24-18-4-2-5-20(14-18)30(23,28)29)25-10-3-11-26(13-12-25)19-8-6-17(15-22)7-9-19/h2,4-9,14,16H,3,10-13H2,1H3,(H,24,27)(H2,23,28,29). The SMILES string of the molecule is CC(C(=O)Nc1cccc(S(N)(=O)=O)c1)N1CCCN(c2ccc(C#N)cc2)CC1. The Bertz CT molecular complexity index is 1050. The van der Waals surface area contributed by atoms with E-state index in [0.717, 1.165) is 31.7 Å². The van der Waals surface area contributed by atoms with Crippen LogP contribution in [0.5, 0.6) is 0 Å². The molecule has 0 radical (unpaired) electrons. The van der Waals surface area contributed by atoms with E-state index in [1.807, 2.05) is 31.2 Å². The number of primary sulfonamides is 1. The fourth-order valence-electron chi connectivity index (χ4n) is 3.49. The summed E-state index contributed by atoms with van der Waals surface area (Å²) < 4.78 is 23.0. The average Bonchev–Trinajstić information content (AvgIpc) is 2.99. The van der Waals surface area contributed by atoms with Crippen LogP contribution in [0.2, 0.25) is 0 Å². The molecule has 3 rings (SSSR count). The highest BCUT2D eigenvalue weighted by molar-refractivity contribution is 7.89. The van der Waals surface area contributed by atoms with E-state index in [4.69, 9.17) is 10.4 Å². The van der Waals surface area contributed by atoms with E-state index < -0.39 is 10.0 Å². The first-order chi connectivity index (χ1) is 14.3. The van der Waals surface area contributed by atoms with E-state index in [9.17, 15) is 13.2 Å². The van der Waals surface area contributed by atoms with Gasteiger partial charge in [-0.1, -0.05) is 6.07 Å². The van der Waals surface area contributed by atoms with E-state index >= 15 is 0 Å². The zero-order valence-corrected chi connectivity index (χ0v) is 17.6. The number of amides is 1. The van der Waals surface area contributed by atoms with Gasteiger partial charge < -0.3 is 10.2 Å². The number of nitrogens with two attached hydrogens (primary N) is 1. The molecule has 0 spiro atoms. The van der Waals surface area contributed by atoms with Gasteiger partial charge in [0.05, 0.1) is 22.6 Å². The maximum absolute atomic E-state index is 12.7. The molecule has 2 aromatic rings. The van der Waals surface area contributed by atoms with Crippen LogP contribution < -0.4 is 15.4 Å². The van der Waals surface area contributed by atoms with E-state index in [1.54, 1.807) is 12.1 Å². The van der Waals surface area contributed by atoms with Crippen LogP contribution in [-0.2, 0) is 14.8 Å². The van der Waals surface area contributed by atoms with Gasteiger partial charge in [0.25, 0.3) is 0 Å². The summed E-state index contributed by atoms with van der Waals surface area (Å²) in [6.45, 7) is 4.97. The fraction of sp³-hybridized carbons (Fsp3) is 0.333. The molecule has 2 aromatic carbocycles. The molecule has 1 amide bonds. The molecule has 1 aliphatic heterocycles. The maximum Gasteiger partial charge on any atom is 0.241 e. The lowest BCUT2D eigenvalue weighted by molar-refractivity contribution is -0.120. The second-order valence-electron chi connectivity index (χ2n) is 7.27. The minimum atomic E-state index is -3.83. The Labute approximate surface area is 176 Å². The lowest BCUT2D eigenvalue weighted by Gasteiger charge is -2.27. The number of nitriles is 1. The quantitative estimate of drug-likeness (QED) is 0.750. The topological polar surface area (TPSA) is 120 Å². The van der Waals surface area contributed by atoms with Crippen molar-refractivity contribution >= 4 is 27.3 Å². The first-order valence-electron chi connectivity index (χ1n) is 9.71. The van der Waals surface area contributed by atoms with Crippen LogP contribution in [0.3, 0.4) is 0 Å². The lowest BCUT2D eigenvalue weighted by atomic mass is 10.2. The number of sulfonamides is 1. The molecule has 9 heteroatoms. The van der Waals surface area contributed by atoms with Crippen molar-refractivity contribution in [3.05, 3.63) is 54.1 Å². The van der Waals surface area contributed by atoms with Crippen LogP contribution in [0.25, 0.3) is 0 Å². The number of hydrogen-bond acceptors (Lipinski definition) is 6. The largest absolute Gasteiger partial charge is 0.370 e. The van der Waals surface area contributed by atoms with E-state index in [0.29, 0.717) is 17.8 Å². The summed E-state index contributed by atoms with van der Waals surface area (Å²) in [5, 5.41) is 16.9. The van der Waals surface area contributed by atoms with Crippen molar-refractivity contribution in [2.24, 2.45) is 5.14 Å². The summed E-state index contributed by atoms with van der Waals surface area (Å²) in [5.74, 6) is -0.201. The van der Waals surface area contributed by atoms with E-state index in [-0.39, 0.29) is 16.8 Å². The summed E-state index contributed by atoms with van der Waals surface area (Å²) in [6.07, 6.45) is 0.901. The van der Waals surface area contributed by atoms with Crippen LogP contribution >= 0.6 is 0 Å². The van der Waals surface area contributed by atoms with Crippen molar-refractivity contribution in [3.63, 3.8) is 0 Å². The van der Waals surface area contributed by atoms with Gasteiger partial charge in [0.15, 0.2) is 0 Å². The summed E-state index contributed by atoms with van der Waals surface area (Å²) in [4.78, 5) is 17.1. The maximum atomic E-state index is 12.7. The molecule has 1 fully saturated rings. The van der Waals surface area contributed by atoms with Gasteiger partial charge in [-0.25, -0.2) is 13.6 Å². The summed E-state index contributed by atoms with van der Waals surface area (Å²) in [7, 11) is -3.83. The number of hydrogen-bond donors (Lipinski definition) is 2. The second-order valence-corrected chi connectivity index (χ2v) is 8.83. The third kappa shape index (κ3) is 5.36. The van der Waals surface area contributed by atoms with E-state index in [1.165, 1.54) is 12.1 Å². The van der Waals surface area contributed by atoms with Gasteiger partial charge in [-0.05, 0) is 55.8 Å². The van der Waals surface area contributed by atoms with Gasteiger partial charge in [-0.15, -0.1) is 0 Å². The molecule has 3 N–H and O–H groups in total. The Hall–Kier alpha value is -2.93. The molecule has 1 aliphatic rings. The van der Waals surface area contributed by atoms with Crippen LogP contribution in [0.15, 0.2) is 53.4 Å². The Kier molecular flexibility index (Phi) is 6.72. The number of benzene rings is 2. The molecule has 0 saturated carbocycles. The number of anilines is 2. The minimum Gasteiger partial charge on any atom is -0.370 e. The molecule has 1 atom stereocenters. The molecule has 0 aliphatic carbocycles. The van der Waals surface area contributed by atoms with Crippen LogP contribution in [0.4, 0.5) is 11.4 Å². The van der Waals surface area contributed by atoms with Crippen LogP contribution in [-0.4, -0.2) is 51.4 Å². The zero-order valence-electron chi connectivity index (χ0n) is 16.8. The molecule has 8 nitrogen and oxygen atoms in total. The highest BCUT2D eigenvalue weighted by atomic mass is 32.2. The molecular formula is C21H25N5O3S. The van der Waals surface area contributed by atoms with Gasteiger partial charge in [0.2, 0.25) is 15.9 Å². The monoisotopic (exact) mass is 427 g/mol. The third-order valence-electron chi connectivity index (χ3n) is 5.25. The predicted octanol–water partition coefficient (Wildman–Crippen LogP) is 1.74. The average molecular weight is 428 g/mol. The highest BCUT2D eigenvalue weighted by Crippen LogP contribution is 2.19. The Morgan fingerprint density at radius 2 is 1.87 bits per heavy atom. The molecular weight excluding hydrogens is 402 g/mol. The van der Waals surface area contributed by atoms with Gasteiger partial charge in [-0.2, -0.15) is 5.26 Å². The molecule has 158 valence electrons. The van der Waals surface area contributed by atoms with Crippen molar-refractivity contribution in [3.8, 4) is 6.07 Å². The zero-order chi connectivity index (χ0) is 21.7. The van der Waals surface area contributed by atoms with Crippen molar-refractivity contribution in [2.75, 3.05) is 36.4 Å². The number of nitrogens with zero attached hydrogens (tertiary/aromatic N) is 3. The van der Waals surface area contributed by atoms with Gasteiger partial charge in [-0.3, -0.25) is 9.69 Å². The number of carbonyl (C=O) groups is 1. The lowest BCUT2D eigenvalue weighted by Crippen LogP contribution is -2.44.